The molecule has 208 valence electrons. The van der Waals surface area contributed by atoms with Gasteiger partial charge in [-0.1, -0.05) is 41.9 Å². The van der Waals surface area contributed by atoms with Crippen LogP contribution in [0.1, 0.15) is 50.7 Å². The third-order valence-electron chi connectivity index (χ3n) is 6.27. The van der Waals surface area contributed by atoms with E-state index in [-0.39, 0.29) is 23.6 Å². The zero-order chi connectivity index (χ0) is 28.0. The molecule has 39 heavy (non-hydrogen) atoms. The summed E-state index contributed by atoms with van der Waals surface area (Å²) in [7, 11) is 0. The second kappa shape index (κ2) is 16.0. The summed E-state index contributed by atoms with van der Waals surface area (Å²) in [5.41, 5.74) is 7.64. The lowest BCUT2D eigenvalue weighted by atomic mass is 10.0. The number of benzene rings is 2. The third-order valence-corrected chi connectivity index (χ3v) is 6.50. The molecular formula is C31H38ClN3O4. The molecule has 8 heteroatoms. The van der Waals surface area contributed by atoms with E-state index in [0.29, 0.717) is 19.4 Å². The van der Waals surface area contributed by atoms with Crippen molar-refractivity contribution >= 4 is 40.4 Å². The Morgan fingerprint density at radius 2 is 1.67 bits per heavy atom. The number of unbranched alkanes of at least 4 members (excludes halogenated alkanes) is 1. The maximum absolute atomic E-state index is 11.5. The fraction of sp³-hybridized carbons (Fsp3) is 0.387. The number of amides is 1. The quantitative estimate of drug-likeness (QED) is 0.232. The van der Waals surface area contributed by atoms with Gasteiger partial charge in [-0.3, -0.25) is 19.2 Å². The van der Waals surface area contributed by atoms with Gasteiger partial charge in [-0.2, -0.15) is 0 Å². The summed E-state index contributed by atoms with van der Waals surface area (Å²) < 4.78 is 0. The molecule has 2 aromatic carbocycles. The molecule has 7 nitrogen and oxygen atoms in total. The van der Waals surface area contributed by atoms with Crippen LogP contribution in [0.3, 0.4) is 0 Å². The van der Waals surface area contributed by atoms with Crippen LogP contribution in [0.4, 0.5) is 11.4 Å². The van der Waals surface area contributed by atoms with E-state index in [1.54, 1.807) is 0 Å². The van der Waals surface area contributed by atoms with E-state index in [1.807, 2.05) is 26.0 Å². The number of carbonyl (C=O) groups is 3. The number of anilines is 2. The van der Waals surface area contributed by atoms with Gasteiger partial charge in [-0.05, 0) is 87.6 Å². The van der Waals surface area contributed by atoms with Gasteiger partial charge in [0.1, 0.15) is 0 Å². The average Bonchev–Trinajstić information content (AvgIpc) is 3.07. The van der Waals surface area contributed by atoms with Crippen molar-refractivity contribution in [1.29, 1.82) is 0 Å². The van der Waals surface area contributed by atoms with Crippen LogP contribution in [0.15, 0.2) is 66.8 Å². The number of rotatable bonds is 10. The minimum Gasteiger partial charge on any atom is -0.341 e. The number of nitrogens with one attached hydrogen (secondary N) is 2. The third kappa shape index (κ3) is 10.4. The molecule has 0 atom stereocenters. The number of para-hydroxylation sites is 1. The van der Waals surface area contributed by atoms with Crippen LogP contribution in [-0.4, -0.2) is 43.2 Å². The van der Waals surface area contributed by atoms with Crippen LogP contribution in [0.5, 0.6) is 0 Å². The molecule has 1 aliphatic heterocycles. The molecule has 4 rings (SSSR count). The average molecular weight is 552 g/mol. The van der Waals surface area contributed by atoms with Crippen molar-refractivity contribution in [2.24, 2.45) is 0 Å². The van der Waals surface area contributed by atoms with Crippen LogP contribution < -0.4 is 15.7 Å². The van der Waals surface area contributed by atoms with Gasteiger partial charge < -0.3 is 10.2 Å². The zero-order valence-corrected chi connectivity index (χ0v) is 23.5. The molecule has 1 amide bonds. The number of nitrogens with zero attached hydrogens (tertiary/aromatic N) is 1. The van der Waals surface area contributed by atoms with Gasteiger partial charge in [-0.25, -0.2) is 5.48 Å². The molecular weight excluding hydrogens is 514 g/mol. The maximum Gasteiger partial charge on any atom is 0.267 e. The smallest absolute Gasteiger partial charge is 0.267 e. The Morgan fingerprint density at radius 1 is 0.974 bits per heavy atom. The number of hydrogen-bond donors (Lipinski definition) is 2. The first-order valence-corrected chi connectivity index (χ1v) is 13.9. The maximum atomic E-state index is 11.5. The highest BCUT2D eigenvalue weighted by molar-refractivity contribution is 6.30. The number of fused-ring (bicyclic) bond motifs is 2. The Labute approximate surface area is 236 Å². The van der Waals surface area contributed by atoms with E-state index in [1.165, 1.54) is 40.7 Å². The molecule has 0 fully saturated rings. The highest BCUT2D eigenvalue weighted by Crippen LogP contribution is 2.37. The van der Waals surface area contributed by atoms with Gasteiger partial charge in [-0.15, -0.1) is 0 Å². The van der Waals surface area contributed by atoms with E-state index >= 15 is 0 Å². The predicted octanol–water partition coefficient (Wildman–Crippen LogP) is 5.43. The molecule has 0 saturated carbocycles. The van der Waals surface area contributed by atoms with Gasteiger partial charge in [0.2, 0.25) is 0 Å². The zero-order valence-electron chi connectivity index (χ0n) is 22.8. The van der Waals surface area contributed by atoms with E-state index in [9.17, 15) is 14.4 Å². The summed E-state index contributed by atoms with van der Waals surface area (Å²) in [5.74, 6) is -0.123. The number of hydrogen-bond acceptors (Lipinski definition) is 6. The van der Waals surface area contributed by atoms with Crippen LogP contribution in [0.25, 0.3) is 0 Å². The molecule has 1 heterocycles. The Hall–Kier alpha value is -3.26. The molecule has 0 saturated heterocycles. The van der Waals surface area contributed by atoms with Crippen LogP contribution in [0, 0.1) is 0 Å². The van der Waals surface area contributed by atoms with Gasteiger partial charge in [0.15, 0.2) is 11.6 Å². The molecule has 1 aliphatic carbocycles. The van der Waals surface area contributed by atoms with Crippen molar-refractivity contribution in [3.8, 4) is 0 Å². The Bertz CT molecular complexity index is 1170. The predicted molar refractivity (Wildman–Crippen MR) is 156 cm³/mol. The van der Waals surface area contributed by atoms with Crippen molar-refractivity contribution < 1.29 is 19.2 Å². The first-order chi connectivity index (χ1) is 18.8. The minimum absolute atomic E-state index is 0.0327. The molecule has 0 radical (unpaired) electrons. The first kappa shape index (κ1) is 30.3. The van der Waals surface area contributed by atoms with E-state index < -0.39 is 0 Å². The molecule has 0 bridgehead atoms. The number of hydroxylamine groups is 1. The molecule has 0 aromatic heterocycles. The molecule has 0 spiro atoms. The highest BCUT2D eigenvalue weighted by atomic mass is 35.5. The summed E-state index contributed by atoms with van der Waals surface area (Å²) in [4.78, 5) is 39.8. The number of aryl methyl sites for hydroxylation is 2. The first-order valence-electron chi connectivity index (χ1n) is 13.5. The fourth-order valence-electron chi connectivity index (χ4n) is 4.31. The van der Waals surface area contributed by atoms with Gasteiger partial charge >= 0.3 is 0 Å². The van der Waals surface area contributed by atoms with Gasteiger partial charge in [0.25, 0.3) is 5.91 Å². The monoisotopic (exact) mass is 551 g/mol. The fourth-order valence-corrected chi connectivity index (χ4v) is 4.47. The number of carbonyl (C=O) groups excluding carboxylic acids is 3. The van der Waals surface area contributed by atoms with Crippen LogP contribution >= 0.6 is 11.6 Å². The standard InChI is InChI=1S/C25H32ClN3O2.C6H6O2/c1-19(2)31-28-25(30)10-7-16-27-15-5-6-17-29-23-9-4-3-8-20(23)11-12-21-13-14-22(26)18-24(21)29;7-5-1-2-6(8)4-3-5/h3-4,7-10,13-14,18-19,27H,5-6,11-12,15-17H2,1-2H3,(H,28,30);1-2H,3-4H2/b10-7+;. The van der Waals surface area contributed by atoms with Crippen molar-refractivity contribution in [3.63, 3.8) is 0 Å². The summed E-state index contributed by atoms with van der Waals surface area (Å²) in [6.45, 7) is 6.22. The lowest BCUT2D eigenvalue weighted by Gasteiger charge is -2.27. The van der Waals surface area contributed by atoms with E-state index in [0.717, 1.165) is 43.8 Å². The molecule has 2 aromatic rings. The summed E-state index contributed by atoms with van der Waals surface area (Å²) in [5, 5.41) is 4.13. The molecule has 0 unspecified atom stereocenters. The number of allylic oxidation sites excluding steroid dienone is 2. The van der Waals surface area contributed by atoms with Gasteiger partial charge in [0, 0.05) is 48.4 Å². The van der Waals surface area contributed by atoms with Crippen molar-refractivity contribution in [2.45, 2.75) is 58.5 Å². The lowest BCUT2D eigenvalue weighted by Crippen LogP contribution is -2.25. The highest BCUT2D eigenvalue weighted by Gasteiger charge is 2.20. The number of halogens is 1. The Morgan fingerprint density at radius 3 is 2.36 bits per heavy atom. The van der Waals surface area contributed by atoms with E-state index in [4.69, 9.17) is 16.4 Å². The summed E-state index contributed by atoms with van der Waals surface area (Å²) >= 11 is 6.33. The minimum atomic E-state index is -0.243. The molecule has 2 N–H and O–H groups in total. The van der Waals surface area contributed by atoms with Gasteiger partial charge in [0.05, 0.1) is 6.10 Å². The second-order valence-electron chi connectivity index (χ2n) is 9.77. The lowest BCUT2D eigenvalue weighted by molar-refractivity contribution is -0.131. The van der Waals surface area contributed by atoms with Crippen LogP contribution in [0.2, 0.25) is 5.02 Å². The Kier molecular flexibility index (Phi) is 12.4. The topological polar surface area (TPSA) is 87.7 Å². The van der Waals surface area contributed by atoms with Crippen molar-refractivity contribution in [2.75, 3.05) is 24.5 Å². The summed E-state index contributed by atoms with van der Waals surface area (Å²) in [6, 6.07) is 14.9. The van der Waals surface area contributed by atoms with E-state index in [2.05, 4.69) is 52.1 Å². The second-order valence-corrected chi connectivity index (χ2v) is 10.2. The Balaban J connectivity index is 0.000000449. The van der Waals surface area contributed by atoms with Crippen LogP contribution in [-0.2, 0) is 32.1 Å². The van der Waals surface area contributed by atoms with Crippen molar-refractivity contribution in [3.05, 3.63) is 82.9 Å². The number of ketones is 2. The normalized spacial score (nSPS) is 14.5. The molecule has 2 aliphatic rings. The largest absolute Gasteiger partial charge is 0.341 e. The SMILES string of the molecule is CC(C)ONC(=O)/C=C/CNCCCCN1c2ccccc2CCc2ccc(Cl)cc21.O=C1C=CC(=O)CC1. The summed E-state index contributed by atoms with van der Waals surface area (Å²) in [6.07, 6.45) is 10.9. The van der Waals surface area contributed by atoms with Crippen molar-refractivity contribution in [1.82, 2.24) is 10.8 Å².